The number of hydrogen-bond donors (Lipinski definition) is 2. The highest BCUT2D eigenvalue weighted by atomic mass is 16.4. The fourth-order valence-electron chi connectivity index (χ4n) is 2.44. The number of nitrogens with zero attached hydrogens (tertiary/aromatic N) is 1. The van der Waals surface area contributed by atoms with E-state index in [0.717, 1.165) is 25.0 Å². The van der Waals surface area contributed by atoms with Crippen LogP contribution in [0, 0.1) is 6.92 Å². The Bertz CT molecular complexity index is 505. The average Bonchev–Trinajstić information content (AvgIpc) is 2.71. The number of aryl methyl sites for hydroxylation is 1. The Labute approximate surface area is 117 Å². The number of amides is 2. The summed E-state index contributed by atoms with van der Waals surface area (Å²) in [7, 11) is 1.67. The van der Waals surface area contributed by atoms with Crippen molar-refractivity contribution in [3.05, 3.63) is 23.7 Å². The minimum atomic E-state index is -0.880. The maximum Gasteiger partial charge on any atom is 0.317 e. The van der Waals surface area contributed by atoms with E-state index in [1.807, 2.05) is 19.1 Å². The van der Waals surface area contributed by atoms with Crippen LogP contribution in [0.1, 0.15) is 37.2 Å². The molecule has 1 aliphatic rings. The molecule has 1 heterocycles. The van der Waals surface area contributed by atoms with Crippen LogP contribution < -0.4 is 5.32 Å². The number of furan rings is 1. The van der Waals surface area contributed by atoms with Crippen molar-refractivity contribution in [1.82, 2.24) is 10.2 Å². The van der Waals surface area contributed by atoms with E-state index in [1.54, 1.807) is 7.05 Å². The molecule has 2 amide bonds. The topological polar surface area (TPSA) is 82.8 Å². The van der Waals surface area contributed by atoms with E-state index < -0.39 is 11.5 Å². The van der Waals surface area contributed by atoms with Gasteiger partial charge < -0.3 is 19.7 Å². The summed E-state index contributed by atoms with van der Waals surface area (Å²) >= 11 is 0. The van der Waals surface area contributed by atoms with Crippen molar-refractivity contribution in [2.45, 2.75) is 44.7 Å². The lowest BCUT2D eigenvalue weighted by molar-refractivity contribution is -0.139. The molecule has 1 aromatic heterocycles. The second kappa shape index (κ2) is 5.56. The summed E-state index contributed by atoms with van der Waals surface area (Å²) in [6.07, 6.45) is 2.37. The van der Waals surface area contributed by atoms with Gasteiger partial charge in [-0.3, -0.25) is 4.79 Å². The molecule has 0 spiro atoms. The Morgan fingerprint density at radius 2 is 2.15 bits per heavy atom. The van der Waals surface area contributed by atoms with Crippen LogP contribution in [-0.4, -0.2) is 34.6 Å². The normalized spacial score (nSPS) is 16.3. The predicted molar refractivity (Wildman–Crippen MR) is 72.3 cm³/mol. The van der Waals surface area contributed by atoms with Gasteiger partial charge in [0, 0.05) is 7.05 Å². The van der Waals surface area contributed by atoms with E-state index >= 15 is 0 Å². The number of nitrogens with one attached hydrogen (secondary N) is 1. The van der Waals surface area contributed by atoms with Gasteiger partial charge in [0.05, 0.1) is 18.5 Å². The molecular formula is C14H20N2O4. The summed E-state index contributed by atoms with van der Waals surface area (Å²) < 4.78 is 5.42. The highest BCUT2D eigenvalue weighted by Crippen LogP contribution is 2.35. The third-order valence-electron chi connectivity index (χ3n) is 3.71. The first-order chi connectivity index (χ1) is 9.40. The zero-order valence-electron chi connectivity index (χ0n) is 11.8. The van der Waals surface area contributed by atoms with Crippen LogP contribution in [0.25, 0.3) is 0 Å². The molecule has 0 bridgehead atoms. The van der Waals surface area contributed by atoms with Gasteiger partial charge in [-0.25, -0.2) is 4.79 Å². The van der Waals surface area contributed by atoms with E-state index in [1.165, 1.54) is 4.90 Å². The number of carbonyl (C=O) groups excluding carboxylic acids is 1. The van der Waals surface area contributed by atoms with Crippen molar-refractivity contribution in [1.29, 1.82) is 0 Å². The van der Waals surface area contributed by atoms with Crippen molar-refractivity contribution in [2.75, 3.05) is 7.05 Å². The van der Waals surface area contributed by atoms with Gasteiger partial charge in [-0.1, -0.05) is 0 Å². The zero-order chi connectivity index (χ0) is 14.8. The van der Waals surface area contributed by atoms with Gasteiger partial charge in [-0.15, -0.1) is 0 Å². The Hall–Kier alpha value is -1.98. The fourth-order valence-corrected chi connectivity index (χ4v) is 2.44. The number of hydrogen-bond acceptors (Lipinski definition) is 3. The molecule has 0 radical (unpaired) electrons. The number of carbonyl (C=O) groups is 2. The summed E-state index contributed by atoms with van der Waals surface area (Å²) in [5.41, 5.74) is -0.573. The third-order valence-corrected chi connectivity index (χ3v) is 3.71. The molecule has 0 aliphatic heterocycles. The molecule has 0 aromatic carbocycles. The van der Waals surface area contributed by atoms with Crippen LogP contribution in [0.15, 0.2) is 16.5 Å². The monoisotopic (exact) mass is 280 g/mol. The second-order valence-electron chi connectivity index (χ2n) is 5.50. The molecule has 6 heteroatoms. The maximum atomic E-state index is 12.1. The molecule has 1 aliphatic carbocycles. The SMILES string of the molecule is Cc1ccc(CN(C)C(=O)NC2(CC(=O)O)CCC2)o1. The molecule has 110 valence electrons. The lowest BCUT2D eigenvalue weighted by Crippen LogP contribution is -2.57. The molecular weight excluding hydrogens is 260 g/mol. The molecule has 6 nitrogen and oxygen atoms in total. The molecule has 1 fully saturated rings. The van der Waals surface area contributed by atoms with Crippen molar-refractivity contribution in [3.8, 4) is 0 Å². The van der Waals surface area contributed by atoms with Crippen molar-refractivity contribution >= 4 is 12.0 Å². The molecule has 20 heavy (non-hydrogen) atoms. The maximum absolute atomic E-state index is 12.1. The number of carboxylic acid groups (broad SMARTS) is 1. The average molecular weight is 280 g/mol. The Morgan fingerprint density at radius 3 is 2.60 bits per heavy atom. The summed E-state index contributed by atoms with van der Waals surface area (Å²) in [6.45, 7) is 2.21. The van der Waals surface area contributed by atoms with E-state index in [2.05, 4.69) is 5.32 Å². The van der Waals surface area contributed by atoms with Crippen LogP contribution >= 0.6 is 0 Å². The molecule has 2 rings (SSSR count). The highest BCUT2D eigenvalue weighted by Gasteiger charge is 2.40. The van der Waals surface area contributed by atoms with E-state index in [9.17, 15) is 9.59 Å². The van der Waals surface area contributed by atoms with Gasteiger partial charge in [0.25, 0.3) is 0 Å². The lowest BCUT2D eigenvalue weighted by Gasteiger charge is -2.42. The second-order valence-corrected chi connectivity index (χ2v) is 5.50. The quantitative estimate of drug-likeness (QED) is 0.865. The van der Waals surface area contributed by atoms with E-state index in [0.29, 0.717) is 12.3 Å². The van der Waals surface area contributed by atoms with Gasteiger partial charge in [0.2, 0.25) is 0 Å². The van der Waals surface area contributed by atoms with Crippen LogP contribution in [0.2, 0.25) is 0 Å². The molecule has 2 N–H and O–H groups in total. The number of aliphatic carboxylic acids is 1. The Kier molecular flexibility index (Phi) is 4.01. The van der Waals surface area contributed by atoms with Gasteiger partial charge >= 0.3 is 12.0 Å². The standard InChI is InChI=1S/C14H20N2O4/c1-10-4-5-11(20-10)9-16(2)13(19)15-14(6-3-7-14)8-12(17)18/h4-5H,3,6-9H2,1-2H3,(H,15,19)(H,17,18). The summed E-state index contributed by atoms with van der Waals surface area (Å²) in [5, 5.41) is 11.8. The lowest BCUT2D eigenvalue weighted by atomic mass is 9.74. The van der Waals surface area contributed by atoms with Crippen molar-refractivity contribution < 1.29 is 19.1 Å². The van der Waals surface area contributed by atoms with Gasteiger partial charge in [0.1, 0.15) is 11.5 Å². The van der Waals surface area contributed by atoms with E-state index in [-0.39, 0.29) is 12.5 Å². The van der Waals surface area contributed by atoms with Crippen molar-refractivity contribution in [3.63, 3.8) is 0 Å². The molecule has 1 aromatic rings. The first-order valence-corrected chi connectivity index (χ1v) is 6.71. The number of urea groups is 1. The molecule has 0 saturated heterocycles. The Morgan fingerprint density at radius 1 is 1.45 bits per heavy atom. The minimum absolute atomic E-state index is 0.0214. The summed E-state index contributed by atoms with van der Waals surface area (Å²) in [6, 6.07) is 3.41. The van der Waals surface area contributed by atoms with E-state index in [4.69, 9.17) is 9.52 Å². The summed E-state index contributed by atoms with van der Waals surface area (Å²) in [5.74, 6) is 0.630. The first kappa shape index (κ1) is 14.4. The first-order valence-electron chi connectivity index (χ1n) is 6.71. The smallest absolute Gasteiger partial charge is 0.317 e. The van der Waals surface area contributed by atoms with Crippen LogP contribution in [0.5, 0.6) is 0 Å². The zero-order valence-corrected chi connectivity index (χ0v) is 11.8. The largest absolute Gasteiger partial charge is 0.481 e. The third kappa shape index (κ3) is 3.31. The van der Waals surface area contributed by atoms with Gasteiger partial charge in [0.15, 0.2) is 0 Å². The predicted octanol–water partition coefficient (Wildman–Crippen LogP) is 2.13. The molecule has 0 unspecified atom stereocenters. The molecule has 0 atom stereocenters. The van der Waals surface area contributed by atoms with Crippen LogP contribution in [0.4, 0.5) is 4.79 Å². The van der Waals surface area contributed by atoms with Crippen molar-refractivity contribution in [2.24, 2.45) is 0 Å². The van der Waals surface area contributed by atoms with Gasteiger partial charge in [-0.2, -0.15) is 0 Å². The summed E-state index contributed by atoms with van der Waals surface area (Å²) in [4.78, 5) is 24.5. The van der Waals surface area contributed by atoms with Crippen LogP contribution in [-0.2, 0) is 11.3 Å². The molecule has 1 saturated carbocycles. The number of rotatable bonds is 5. The minimum Gasteiger partial charge on any atom is -0.481 e. The van der Waals surface area contributed by atoms with Crippen LogP contribution in [0.3, 0.4) is 0 Å². The Balaban J connectivity index is 1.91. The highest BCUT2D eigenvalue weighted by molar-refractivity contribution is 5.77. The fraction of sp³-hybridized carbons (Fsp3) is 0.571. The number of carboxylic acids is 1. The van der Waals surface area contributed by atoms with Gasteiger partial charge in [-0.05, 0) is 38.3 Å².